The van der Waals surface area contributed by atoms with Crippen molar-refractivity contribution in [2.24, 2.45) is 0 Å². The van der Waals surface area contributed by atoms with E-state index in [-0.39, 0.29) is 0 Å². The lowest BCUT2D eigenvalue weighted by molar-refractivity contribution is 0.585. The van der Waals surface area contributed by atoms with Crippen molar-refractivity contribution in [1.82, 2.24) is 20.2 Å². The Bertz CT molecular complexity index is 2220. The lowest BCUT2D eigenvalue weighted by Gasteiger charge is -2.12. The molecule has 0 fully saturated rings. The number of fused-ring (bicyclic) bond motifs is 2. The summed E-state index contributed by atoms with van der Waals surface area (Å²) >= 11 is 0. The molecule has 0 unspecified atom stereocenters. The van der Waals surface area contributed by atoms with Gasteiger partial charge in [-0.15, -0.1) is 10.2 Å². The molecule has 2 aromatic heterocycles. The second-order valence-electron chi connectivity index (χ2n) is 10.3. The van der Waals surface area contributed by atoms with Crippen LogP contribution in [0.2, 0.25) is 0 Å². The van der Waals surface area contributed by atoms with Crippen LogP contribution in [-0.2, 0) is 0 Å². The predicted molar refractivity (Wildman–Crippen MR) is 172 cm³/mol. The SMILES string of the molecule is c1ccc(-c2nnc(-c3cccc4c(-c5ccc(-c6nc7ccccc7nc6-c6ccccc6)cc5)cccc34)o2)cc1. The minimum Gasteiger partial charge on any atom is -0.416 e. The molecule has 0 N–H and O–H groups in total. The van der Waals surface area contributed by atoms with Crippen LogP contribution >= 0.6 is 0 Å². The van der Waals surface area contributed by atoms with Crippen LogP contribution in [0, 0.1) is 0 Å². The lowest BCUT2D eigenvalue weighted by Crippen LogP contribution is -1.95. The maximum Gasteiger partial charge on any atom is 0.248 e. The third-order valence-electron chi connectivity index (χ3n) is 7.69. The zero-order valence-electron chi connectivity index (χ0n) is 23.1. The van der Waals surface area contributed by atoms with Gasteiger partial charge in [0, 0.05) is 22.3 Å². The van der Waals surface area contributed by atoms with Gasteiger partial charge in [-0.05, 0) is 52.2 Å². The van der Waals surface area contributed by atoms with Crippen LogP contribution in [0.25, 0.3) is 78.4 Å². The molecule has 8 aromatic rings. The van der Waals surface area contributed by atoms with E-state index < -0.39 is 0 Å². The zero-order chi connectivity index (χ0) is 28.6. The number of rotatable bonds is 5. The maximum atomic E-state index is 6.12. The van der Waals surface area contributed by atoms with E-state index in [1.54, 1.807) is 0 Å². The molecular formula is C38H24N4O. The van der Waals surface area contributed by atoms with Crippen molar-refractivity contribution in [3.63, 3.8) is 0 Å². The molecular weight excluding hydrogens is 528 g/mol. The fourth-order valence-corrected chi connectivity index (χ4v) is 5.58. The molecule has 0 spiro atoms. The van der Waals surface area contributed by atoms with E-state index in [0.717, 1.165) is 66.6 Å². The summed E-state index contributed by atoms with van der Waals surface area (Å²) in [7, 11) is 0. The second kappa shape index (κ2) is 10.5. The number of para-hydroxylation sites is 2. The normalized spacial score (nSPS) is 11.3. The van der Waals surface area contributed by atoms with Crippen molar-refractivity contribution < 1.29 is 4.42 Å². The molecule has 202 valence electrons. The number of nitrogens with zero attached hydrogens (tertiary/aromatic N) is 4. The zero-order valence-corrected chi connectivity index (χ0v) is 23.1. The molecule has 0 aliphatic carbocycles. The largest absolute Gasteiger partial charge is 0.416 e. The van der Waals surface area contributed by atoms with Gasteiger partial charge in [0.2, 0.25) is 11.8 Å². The van der Waals surface area contributed by atoms with Crippen molar-refractivity contribution in [2.75, 3.05) is 0 Å². The van der Waals surface area contributed by atoms with Gasteiger partial charge in [0.05, 0.1) is 22.4 Å². The highest BCUT2D eigenvalue weighted by atomic mass is 16.4. The first-order valence-electron chi connectivity index (χ1n) is 14.2. The van der Waals surface area contributed by atoms with E-state index >= 15 is 0 Å². The first kappa shape index (κ1) is 24.8. The minimum atomic E-state index is 0.500. The summed E-state index contributed by atoms with van der Waals surface area (Å²) in [5.41, 5.74) is 9.58. The summed E-state index contributed by atoms with van der Waals surface area (Å²) in [5.74, 6) is 1.01. The van der Waals surface area contributed by atoms with Crippen molar-refractivity contribution in [1.29, 1.82) is 0 Å². The fourth-order valence-electron chi connectivity index (χ4n) is 5.58. The van der Waals surface area contributed by atoms with Gasteiger partial charge in [-0.1, -0.05) is 115 Å². The van der Waals surface area contributed by atoms with Crippen LogP contribution in [-0.4, -0.2) is 20.2 Å². The summed E-state index contributed by atoms with van der Waals surface area (Å²) in [6.45, 7) is 0. The first-order chi connectivity index (χ1) is 21.3. The topological polar surface area (TPSA) is 64.7 Å². The third-order valence-corrected chi connectivity index (χ3v) is 7.69. The van der Waals surface area contributed by atoms with E-state index in [1.165, 1.54) is 0 Å². The van der Waals surface area contributed by atoms with E-state index in [0.29, 0.717) is 11.8 Å². The molecule has 0 radical (unpaired) electrons. The summed E-state index contributed by atoms with van der Waals surface area (Å²) in [5, 5.41) is 10.9. The van der Waals surface area contributed by atoms with E-state index in [9.17, 15) is 0 Å². The molecule has 0 atom stereocenters. The van der Waals surface area contributed by atoms with E-state index in [4.69, 9.17) is 14.4 Å². The van der Waals surface area contributed by atoms with Gasteiger partial charge in [0.15, 0.2) is 0 Å². The van der Waals surface area contributed by atoms with Crippen LogP contribution in [0.5, 0.6) is 0 Å². The highest BCUT2D eigenvalue weighted by Crippen LogP contribution is 2.37. The van der Waals surface area contributed by atoms with Gasteiger partial charge < -0.3 is 4.42 Å². The number of hydrogen-bond donors (Lipinski definition) is 0. The first-order valence-corrected chi connectivity index (χ1v) is 14.2. The van der Waals surface area contributed by atoms with Gasteiger partial charge in [0.25, 0.3) is 0 Å². The number of benzene rings is 6. The third kappa shape index (κ3) is 4.53. The van der Waals surface area contributed by atoms with Crippen LogP contribution in [0.1, 0.15) is 0 Å². The summed E-state index contributed by atoms with van der Waals surface area (Å²) < 4.78 is 6.12. The standard InChI is InChI=1S/C38H24N4O/c1-3-11-26(12-4-1)35-36(40-34-20-8-7-19-33(34)39-35)27-23-21-25(22-24-27)29-15-9-17-31-30(29)16-10-18-32(31)38-42-41-37(43-38)28-13-5-2-6-14-28/h1-24H. The van der Waals surface area contributed by atoms with Gasteiger partial charge >= 0.3 is 0 Å². The average Bonchev–Trinajstić information content (AvgIpc) is 3.58. The fraction of sp³-hybridized carbons (Fsp3) is 0. The van der Waals surface area contributed by atoms with Gasteiger partial charge in [-0.3, -0.25) is 0 Å². The molecule has 5 heteroatoms. The number of hydrogen-bond acceptors (Lipinski definition) is 5. The quantitative estimate of drug-likeness (QED) is 0.213. The Morgan fingerprint density at radius 1 is 0.349 bits per heavy atom. The molecule has 0 aliphatic heterocycles. The Morgan fingerprint density at radius 2 is 0.837 bits per heavy atom. The highest BCUT2D eigenvalue weighted by molar-refractivity contribution is 6.03. The Kier molecular flexibility index (Phi) is 6.05. The lowest BCUT2D eigenvalue weighted by atomic mass is 9.94. The van der Waals surface area contributed by atoms with Crippen molar-refractivity contribution >= 4 is 21.8 Å². The van der Waals surface area contributed by atoms with Crippen molar-refractivity contribution in [2.45, 2.75) is 0 Å². The molecule has 0 saturated heterocycles. The second-order valence-corrected chi connectivity index (χ2v) is 10.3. The van der Waals surface area contributed by atoms with Gasteiger partial charge in [-0.25, -0.2) is 9.97 Å². The van der Waals surface area contributed by atoms with Crippen molar-refractivity contribution in [3.05, 3.63) is 146 Å². The highest BCUT2D eigenvalue weighted by Gasteiger charge is 2.16. The summed E-state index contributed by atoms with van der Waals surface area (Å²) in [6.07, 6.45) is 0. The molecule has 43 heavy (non-hydrogen) atoms. The molecule has 2 heterocycles. The van der Waals surface area contributed by atoms with Crippen LogP contribution < -0.4 is 0 Å². The van der Waals surface area contributed by atoms with Crippen LogP contribution in [0.3, 0.4) is 0 Å². The number of aromatic nitrogens is 4. The van der Waals surface area contributed by atoms with E-state index in [1.807, 2.05) is 84.9 Å². The van der Waals surface area contributed by atoms with Crippen LogP contribution in [0.15, 0.2) is 150 Å². The maximum absolute atomic E-state index is 6.12. The van der Waals surface area contributed by atoms with Gasteiger partial charge in [-0.2, -0.15) is 0 Å². The minimum absolute atomic E-state index is 0.500. The summed E-state index contributed by atoms with van der Waals surface area (Å²) in [6, 6.07) is 49.2. The molecule has 5 nitrogen and oxygen atoms in total. The van der Waals surface area contributed by atoms with E-state index in [2.05, 4.69) is 70.9 Å². The van der Waals surface area contributed by atoms with Crippen molar-refractivity contribution in [3.8, 4) is 56.6 Å². The van der Waals surface area contributed by atoms with Gasteiger partial charge in [0.1, 0.15) is 0 Å². The Labute approximate surface area is 248 Å². The Hall–Kier alpha value is -5.94. The van der Waals surface area contributed by atoms with Crippen LogP contribution in [0.4, 0.5) is 0 Å². The summed E-state index contributed by atoms with van der Waals surface area (Å²) in [4.78, 5) is 10.1. The monoisotopic (exact) mass is 552 g/mol. The molecule has 0 bridgehead atoms. The smallest absolute Gasteiger partial charge is 0.248 e. The molecule has 8 rings (SSSR count). The molecule has 0 saturated carbocycles. The predicted octanol–water partition coefficient (Wildman–Crippen LogP) is 9.50. The Balaban J connectivity index is 1.20. The Morgan fingerprint density at radius 3 is 1.49 bits per heavy atom. The molecule has 6 aromatic carbocycles. The molecule has 0 amide bonds. The average molecular weight is 553 g/mol. The molecule has 0 aliphatic rings.